The lowest BCUT2D eigenvalue weighted by atomic mass is 10.1. The molecule has 2 aliphatic heterocycles. The van der Waals surface area contributed by atoms with Gasteiger partial charge in [-0.2, -0.15) is 13.2 Å². The highest BCUT2D eigenvalue weighted by Crippen LogP contribution is 2.32. The summed E-state index contributed by atoms with van der Waals surface area (Å²) in [5.74, 6) is -1.73. The standard InChI is InChI=1S/C23H24F3N5O4/c1-14-3-5-15(6-4-14)20(33)30-9-7-29(8-10-30)17-12-31(13-18(17)32)22-27-11-16(21(34)35-2)19(28-22)23(24,25)26/h3-6,11,17H,7-10,12-13H2,1-2H3/t17-/m1/s1. The molecule has 1 amide bonds. The van der Waals surface area contributed by atoms with Crippen LogP contribution < -0.4 is 4.90 Å². The molecule has 4 rings (SSSR count). The minimum atomic E-state index is -4.90. The van der Waals surface area contributed by atoms with Crippen molar-refractivity contribution in [2.24, 2.45) is 0 Å². The number of alkyl halides is 3. The molecule has 1 atom stereocenters. The molecule has 2 fully saturated rings. The van der Waals surface area contributed by atoms with E-state index in [0.717, 1.165) is 18.9 Å². The van der Waals surface area contributed by atoms with Crippen molar-refractivity contribution >= 4 is 23.6 Å². The van der Waals surface area contributed by atoms with Gasteiger partial charge in [-0.1, -0.05) is 17.7 Å². The fourth-order valence-corrected chi connectivity index (χ4v) is 4.26. The van der Waals surface area contributed by atoms with Gasteiger partial charge in [0.2, 0.25) is 5.95 Å². The van der Waals surface area contributed by atoms with Crippen LogP contribution >= 0.6 is 0 Å². The maximum absolute atomic E-state index is 13.5. The highest BCUT2D eigenvalue weighted by molar-refractivity contribution is 5.95. The molecule has 12 heteroatoms. The second-order valence-corrected chi connectivity index (χ2v) is 8.48. The van der Waals surface area contributed by atoms with E-state index in [1.165, 1.54) is 4.90 Å². The van der Waals surface area contributed by atoms with Crippen molar-refractivity contribution in [3.8, 4) is 0 Å². The van der Waals surface area contributed by atoms with Gasteiger partial charge in [0.1, 0.15) is 5.56 Å². The summed E-state index contributed by atoms with van der Waals surface area (Å²) in [7, 11) is 0.966. The Bertz CT molecular complexity index is 1130. The third-order valence-corrected chi connectivity index (χ3v) is 6.19. The van der Waals surface area contributed by atoms with E-state index in [1.807, 2.05) is 24.0 Å². The fraction of sp³-hybridized carbons (Fsp3) is 0.435. The molecule has 0 bridgehead atoms. The number of carbonyl (C=O) groups excluding carboxylic acids is 3. The molecule has 2 saturated heterocycles. The molecule has 0 saturated carbocycles. The lowest BCUT2D eigenvalue weighted by Gasteiger charge is -2.37. The van der Waals surface area contributed by atoms with Crippen molar-refractivity contribution in [2.75, 3.05) is 51.3 Å². The summed E-state index contributed by atoms with van der Waals surface area (Å²) in [6, 6.07) is 6.76. The summed E-state index contributed by atoms with van der Waals surface area (Å²) < 4.78 is 44.8. The monoisotopic (exact) mass is 491 g/mol. The average Bonchev–Trinajstić information content (AvgIpc) is 3.24. The molecule has 0 radical (unpaired) electrons. The van der Waals surface area contributed by atoms with Crippen LogP contribution in [0.4, 0.5) is 19.1 Å². The number of piperazine rings is 1. The lowest BCUT2D eigenvalue weighted by Crippen LogP contribution is -2.54. The number of hydrogen-bond acceptors (Lipinski definition) is 8. The Morgan fingerprint density at radius 2 is 1.74 bits per heavy atom. The second kappa shape index (κ2) is 9.61. The first-order chi connectivity index (χ1) is 16.6. The quantitative estimate of drug-likeness (QED) is 0.598. The molecule has 9 nitrogen and oxygen atoms in total. The first-order valence-corrected chi connectivity index (χ1v) is 11.0. The van der Waals surface area contributed by atoms with Gasteiger partial charge in [0.25, 0.3) is 5.91 Å². The van der Waals surface area contributed by atoms with E-state index in [1.54, 1.807) is 17.0 Å². The number of methoxy groups -OCH3 is 1. The molecule has 1 aromatic heterocycles. The Kier molecular flexibility index (Phi) is 6.75. The van der Waals surface area contributed by atoms with Crippen LogP contribution in [0, 0.1) is 6.92 Å². The molecule has 0 unspecified atom stereocenters. The van der Waals surface area contributed by atoms with Crippen molar-refractivity contribution in [1.82, 2.24) is 19.8 Å². The van der Waals surface area contributed by atoms with Gasteiger partial charge in [0.15, 0.2) is 11.5 Å². The number of hydrogen-bond donors (Lipinski definition) is 0. The number of amides is 1. The Balaban J connectivity index is 1.43. The van der Waals surface area contributed by atoms with E-state index >= 15 is 0 Å². The van der Waals surface area contributed by atoms with Crippen LogP contribution in [0.1, 0.15) is 32.0 Å². The molecule has 0 aliphatic carbocycles. The van der Waals surface area contributed by atoms with Crippen molar-refractivity contribution in [3.05, 3.63) is 52.8 Å². The number of ether oxygens (including phenoxy) is 1. The Morgan fingerprint density at radius 1 is 1.09 bits per heavy atom. The number of esters is 1. The van der Waals surface area contributed by atoms with Gasteiger partial charge >= 0.3 is 12.1 Å². The molecule has 0 spiro atoms. The molecule has 0 N–H and O–H groups in total. The van der Waals surface area contributed by atoms with E-state index in [2.05, 4.69) is 14.7 Å². The minimum Gasteiger partial charge on any atom is -0.465 e. The van der Waals surface area contributed by atoms with Crippen LogP contribution in [0.2, 0.25) is 0 Å². The molecule has 35 heavy (non-hydrogen) atoms. The van der Waals surface area contributed by atoms with Gasteiger partial charge in [0, 0.05) is 44.5 Å². The van der Waals surface area contributed by atoms with Gasteiger partial charge in [-0.15, -0.1) is 0 Å². The minimum absolute atomic E-state index is 0.0807. The second-order valence-electron chi connectivity index (χ2n) is 8.48. The smallest absolute Gasteiger partial charge is 0.434 e. The predicted octanol–water partition coefficient (Wildman–Crippen LogP) is 1.81. The van der Waals surface area contributed by atoms with Gasteiger partial charge in [-0.3, -0.25) is 14.5 Å². The Hall–Kier alpha value is -3.54. The number of aromatic nitrogens is 2. The molecular formula is C23H24F3N5O4. The first-order valence-electron chi connectivity index (χ1n) is 11.0. The number of aryl methyl sites for hydroxylation is 1. The largest absolute Gasteiger partial charge is 0.465 e. The molecule has 186 valence electrons. The maximum atomic E-state index is 13.5. The zero-order valence-corrected chi connectivity index (χ0v) is 19.2. The van der Waals surface area contributed by atoms with E-state index < -0.39 is 29.4 Å². The lowest BCUT2D eigenvalue weighted by molar-refractivity contribution is -0.141. The molecule has 2 aromatic rings. The zero-order valence-electron chi connectivity index (χ0n) is 19.2. The van der Waals surface area contributed by atoms with Gasteiger partial charge in [-0.25, -0.2) is 14.8 Å². The van der Waals surface area contributed by atoms with Gasteiger partial charge in [-0.05, 0) is 19.1 Å². The SMILES string of the molecule is COC(=O)c1cnc(N2CC(=O)[C@H](N3CCN(C(=O)c4ccc(C)cc4)CC3)C2)nc1C(F)(F)F. The highest BCUT2D eigenvalue weighted by atomic mass is 19.4. The summed E-state index contributed by atoms with van der Waals surface area (Å²) in [6.45, 7) is 3.67. The average molecular weight is 491 g/mol. The van der Waals surface area contributed by atoms with E-state index in [4.69, 9.17) is 0 Å². The number of ketones is 1. The summed E-state index contributed by atoms with van der Waals surface area (Å²) >= 11 is 0. The Morgan fingerprint density at radius 3 is 2.34 bits per heavy atom. The van der Waals surface area contributed by atoms with E-state index in [9.17, 15) is 27.6 Å². The molecule has 3 heterocycles. The van der Waals surface area contributed by atoms with E-state index in [-0.39, 0.29) is 30.7 Å². The number of anilines is 1. The van der Waals surface area contributed by atoms with Crippen molar-refractivity contribution in [2.45, 2.75) is 19.1 Å². The topological polar surface area (TPSA) is 95.9 Å². The fourth-order valence-electron chi connectivity index (χ4n) is 4.26. The van der Waals surface area contributed by atoms with Crippen LogP contribution in [-0.2, 0) is 15.7 Å². The van der Waals surface area contributed by atoms with Crippen LogP contribution in [0.5, 0.6) is 0 Å². The number of rotatable bonds is 4. The summed E-state index contributed by atoms with van der Waals surface area (Å²) in [6.07, 6.45) is -4.13. The van der Waals surface area contributed by atoms with Crippen LogP contribution in [0.15, 0.2) is 30.5 Å². The molecule has 2 aliphatic rings. The maximum Gasteiger partial charge on any atom is 0.434 e. The summed E-state index contributed by atoms with van der Waals surface area (Å²) in [5, 5.41) is 0. The number of benzene rings is 1. The number of Topliss-reactive ketones (excluding diaryl/α,β-unsaturated/α-hetero) is 1. The predicted molar refractivity (Wildman–Crippen MR) is 118 cm³/mol. The number of halogens is 3. The first kappa shape index (κ1) is 24.6. The van der Waals surface area contributed by atoms with Gasteiger partial charge in [0.05, 0.1) is 19.7 Å². The summed E-state index contributed by atoms with van der Waals surface area (Å²) in [4.78, 5) is 49.6. The zero-order chi connectivity index (χ0) is 25.3. The third-order valence-electron chi connectivity index (χ3n) is 6.19. The van der Waals surface area contributed by atoms with Crippen molar-refractivity contribution in [3.63, 3.8) is 0 Å². The van der Waals surface area contributed by atoms with Crippen molar-refractivity contribution in [1.29, 1.82) is 0 Å². The molecule has 1 aromatic carbocycles. The van der Waals surface area contributed by atoms with Crippen LogP contribution in [-0.4, -0.2) is 89.8 Å². The normalized spacial score (nSPS) is 19.2. The Labute approximate surface area is 199 Å². The van der Waals surface area contributed by atoms with Crippen LogP contribution in [0.25, 0.3) is 0 Å². The number of nitrogens with zero attached hydrogens (tertiary/aromatic N) is 5. The van der Waals surface area contributed by atoms with E-state index in [0.29, 0.717) is 31.7 Å². The summed E-state index contributed by atoms with van der Waals surface area (Å²) in [5.41, 5.74) is -0.546. The van der Waals surface area contributed by atoms with Crippen LogP contribution in [0.3, 0.4) is 0 Å². The highest BCUT2D eigenvalue weighted by Gasteiger charge is 2.41. The molecular weight excluding hydrogens is 467 g/mol. The third kappa shape index (κ3) is 5.11. The van der Waals surface area contributed by atoms with Gasteiger partial charge < -0.3 is 14.5 Å². The number of carbonyl (C=O) groups is 3. The van der Waals surface area contributed by atoms with Crippen molar-refractivity contribution < 1.29 is 32.3 Å².